The number of aliphatic carboxylic acids is 1. The zero-order chi connectivity index (χ0) is 19.5. The third kappa shape index (κ3) is 7.36. The highest BCUT2D eigenvalue weighted by Crippen LogP contribution is 2.18. The maximum absolute atomic E-state index is 12.3. The molecule has 6 nitrogen and oxygen atoms in total. The van der Waals surface area contributed by atoms with Crippen molar-refractivity contribution in [1.82, 2.24) is 0 Å². The molecule has 0 saturated carbocycles. The zero-order valence-electron chi connectivity index (χ0n) is 14.5. The van der Waals surface area contributed by atoms with E-state index in [9.17, 15) is 19.5 Å². The van der Waals surface area contributed by atoms with Gasteiger partial charge in [0.05, 0.1) is 0 Å². The van der Waals surface area contributed by atoms with Gasteiger partial charge < -0.3 is 9.84 Å². The number of amides is 1. The van der Waals surface area contributed by atoms with Gasteiger partial charge in [-0.3, -0.25) is 9.69 Å². The molecule has 2 rings (SSSR count). The fraction of sp³-hybridized carbons (Fsp3) is 0.211. The molecule has 26 heavy (non-hydrogen) atoms. The third-order valence-corrected chi connectivity index (χ3v) is 3.18. The van der Waals surface area contributed by atoms with Crippen molar-refractivity contribution in [3.8, 4) is 0 Å². The Bertz CT molecular complexity index is 717. The fourth-order valence-corrected chi connectivity index (χ4v) is 1.98. The second-order valence-electron chi connectivity index (χ2n) is 5.23. The van der Waals surface area contributed by atoms with E-state index in [2.05, 4.69) is 11.6 Å². The van der Waals surface area contributed by atoms with Crippen molar-refractivity contribution in [3.63, 3.8) is 0 Å². The Labute approximate surface area is 157 Å². The van der Waals surface area contributed by atoms with E-state index in [1.807, 2.05) is 30.3 Å². The van der Waals surface area contributed by atoms with Gasteiger partial charge in [-0.2, -0.15) is 0 Å². The number of nitrogens with zero attached hydrogens (tertiary/aromatic N) is 1. The van der Waals surface area contributed by atoms with Crippen LogP contribution in [0.2, 0.25) is 0 Å². The van der Waals surface area contributed by atoms with Crippen LogP contribution in [0, 0.1) is 0 Å². The summed E-state index contributed by atoms with van der Waals surface area (Å²) in [6.45, 7) is 2.83. The van der Waals surface area contributed by atoms with Crippen molar-refractivity contribution in [3.05, 3.63) is 66.2 Å². The lowest BCUT2D eigenvalue weighted by atomic mass is 10.2. The summed E-state index contributed by atoms with van der Waals surface area (Å²) in [5, 5.41) is 8.84. The monoisotopic (exact) mass is 377 g/mol. The molecule has 2 aromatic carbocycles. The van der Waals surface area contributed by atoms with Crippen molar-refractivity contribution in [1.29, 1.82) is 0 Å². The number of anilines is 1. The quantitative estimate of drug-likeness (QED) is 0.794. The fourth-order valence-electron chi connectivity index (χ4n) is 1.98. The smallest absolute Gasteiger partial charge is 0.415 e. The number of ether oxygens (including phenoxy) is 1. The molecule has 0 bridgehead atoms. The van der Waals surface area contributed by atoms with E-state index >= 15 is 0 Å². The van der Waals surface area contributed by atoms with Crippen molar-refractivity contribution < 1.29 is 24.2 Å². The molecule has 1 atom stereocenters. The molecule has 0 aliphatic heterocycles. The van der Waals surface area contributed by atoms with E-state index in [4.69, 9.17) is 4.74 Å². The van der Waals surface area contributed by atoms with Crippen molar-refractivity contribution in [2.75, 3.05) is 4.90 Å². The highest BCUT2D eigenvalue weighted by Gasteiger charge is 2.28. The molecular formula is C19H20ClNO5. The number of para-hydroxylation sites is 1. The first kappa shape index (κ1) is 21.2. The number of carbonyl (C=O) groups is 3. The SMILES string of the molecule is CC(=O)Cl.C[C@@H](C(=O)O)N(C(=O)OCc1ccccc1)c1ccccc1. The first-order valence-corrected chi connectivity index (χ1v) is 8.14. The molecule has 0 fully saturated rings. The van der Waals surface area contributed by atoms with Gasteiger partial charge in [-0.15, -0.1) is 0 Å². The number of rotatable bonds is 5. The molecule has 1 amide bonds. The Morgan fingerprint density at radius 3 is 1.96 bits per heavy atom. The molecule has 0 aliphatic carbocycles. The van der Waals surface area contributed by atoms with Crippen molar-refractivity contribution >= 4 is 34.6 Å². The van der Waals surface area contributed by atoms with Crippen LogP contribution in [0.1, 0.15) is 19.4 Å². The number of carbonyl (C=O) groups excluding carboxylic acids is 2. The molecule has 0 radical (unpaired) electrons. The summed E-state index contributed by atoms with van der Waals surface area (Å²) in [6, 6.07) is 16.8. The van der Waals surface area contributed by atoms with E-state index in [0.717, 1.165) is 10.5 Å². The normalized spacial score (nSPS) is 10.7. The van der Waals surface area contributed by atoms with Gasteiger partial charge in [-0.25, -0.2) is 9.59 Å². The number of carboxylic acid groups (broad SMARTS) is 1. The van der Waals surface area contributed by atoms with E-state index in [0.29, 0.717) is 5.69 Å². The first-order chi connectivity index (χ1) is 12.3. The number of hydrogen-bond acceptors (Lipinski definition) is 4. The molecule has 2 aromatic rings. The zero-order valence-corrected chi connectivity index (χ0v) is 15.2. The average molecular weight is 378 g/mol. The van der Waals surface area contributed by atoms with Crippen LogP contribution in [0.3, 0.4) is 0 Å². The van der Waals surface area contributed by atoms with Gasteiger partial charge in [-0.05, 0) is 36.2 Å². The number of carboxylic acids is 1. The Balaban J connectivity index is 0.000000765. The average Bonchev–Trinajstić information content (AvgIpc) is 2.61. The van der Waals surface area contributed by atoms with Crippen LogP contribution in [0.4, 0.5) is 10.5 Å². The molecule has 138 valence electrons. The highest BCUT2D eigenvalue weighted by molar-refractivity contribution is 6.62. The standard InChI is InChI=1S/C17H17NO4.C2H3ClO/c1-13(16(19)20)18(15-10-6-3-7-11-15)17(21)22-12-14-8-4-2-5-9-14;1-2(3)4/h2-11,13H,12H2,1H3,(H,19,20);1H3/t13-;/m0./s1. The minimum atomic E-state index is -1.10. The lowest BCUT2D eigenvalue weighted by molar-refractivity contribution is -0.138. The Morgan fingerprint density at radius 1 is 1.04 bits per heavy atom. The minimum absolute atomic E-state index is 0.0926. The van der Waals surface area contributed by atoms with Crippen molar-refractivity contribution in [2.24, 2.45) is 0 Å². The molecule has 0 spiro atoms. The Hall–Kier alpha value is -2.86. The lowest BCUT2D eigenvalue weighted by Crippen LogP contribution is -2.43. The molecule has 0 saturated heterocycles. The second-order valence-corrected chi connectivity index (χ2v) is 5.76. The van der Waals surface area contributed by atoms with Gasteiger partial charge in [0.25, 0.3) is 0 Å². The Kier molecular flexibility index (Phi) is 8.87. The number of hydrogen-bond donors (Lipinski definition) is 1. The van der Waals surface area contributed by atoms with Crippen LogP contribution in [0.25, 0.3) is 0 Å². The predicted molar refractivity (Wildman–Crippen MR) is 99.2 cm³/mol. The molecule has 0 heterocycles. The molecule has 1 N–H and O–H groups in total. The summed E-state index contributed by atoms with van der Waals surface area (Å²) in [5.74, 6) is -1.10. The van der Waals surface area contributed by atoms with Crippen LogP contribution in [-0.4, -0.2) is 28.5 Å². The minimum Gasteiger partial charge on any atom is -0.480 e. The number of halogens is 1. The van der Waals surface area contributed by atoms with Crippen LogP contribution in [-0.2, 0) is 20.9 Å². The second kappa shape index (κ2) is 10.9. The van der Waals surface area contributed by atoms with Crippen LogP contribution in [0.15, 0.2) is 60.7 Å². The van der Waals surface area contributed by atoms with E-state index < -0.39 is 18.1 Å². The van der Waals surface area contributed by atoms with Gasteiger partial charge in [0.1, 0.15) is 12.6 Å². The molecule has 0 aromatic heterocycles. The summed E-state index contributed by atoms with van der Waals surface area (Å²) in [5.41, 5.74) is 1.32. The van der Waals surface area contributed by atoms with E-state index in [1.54, 1.807) is 30.3 Å². The van der Waals surface area contributed by atoms with E-state index in [-0.39, 0.29) is 11.8 Å². The number of benzene rings is 2. The lowest BCUT2D eigenvalue weighted by Gasteiger charge is -2.25. The Morgan fingerprint density at radius 2 is 1.50 bits per heavy atom. The predicted octanol–water partition coefficient (Wildman–Crippen LogP) is 4.07. The summed E-state index contributed by atoms with van der Waals surface area (Å²) in [4.78, 5) is 33.9. The van der Waals surface area contributed by atoms with Gasteiger partial charge >= 0.3 is 12.1 Å². The molecule has 0 unspecified atom stereocenters. The van der Waals surface area contributed by atoms with E-state index in [1.165, 1.54) is 13.8 Å². The molecular weight excluding hydrogens is 358 g/mol. The van der Waals surface area contributed by atoms with Crippen LogP contribution in [0.5, 0.6) is 0 Å². The van der Waals surface area contributed by atoms with Gasteiger partial charge in [0.15, 0.2) is 0 Å². The third-order valence-electron chi connectivity index (χ3n) is 3.18. The summed E-state index contributed by atoms with van der Waals surface area (Å²) in [6.07, 6.45) is -0.690. The highest BCUT2D eigenvalue weighted by atomic mass is 35.5. The van der Waals surface area contributed by atoms with Crippen LogP contribution >= 0.6 is 11.6 Å². The summed E-state index contributed by atoms with van der Waals surface area (Å²) >= 11 is 4.64. The van der Waals surface area contributed by atoms with Crippen LogP contribution < -0.4 is 4.90 Å². The maximum Gasteiger partial charge on any atom is 0.415 e. The largest absolute Gasteiger partial charge is 0.480 e. The summed E-state index contributed by atoms with van der Waals surface area (Å²) in [7, 11) is 0. The van der Waals surface area contributed by atoms with Crippen molar-refractivity contribution in [2.45, 2.75) is 26.5 Å². The molecule has 0 aliphatic rings. The molecule has 7 heteroatoms. The summed E-state index contributed by atoms with van der Waals surface area (Å²) < 4.78 is 5.24. The van der Waals surface area contributed by atoms with Gasteiger partial charge in [-0.1, -0.05) is 48.5 Å². The topological polar surface area (TPSA) is 83.9 Å². The van der Waals surface area contributed by atoms with Gasteiger partial charge in [0.2, 0.25) is 5.24 Å². The first-order valence-electron chi connectivity index (χ1n) is 7.76. The van der Waals surface area contributed by atoms with Gasteiger partial charge in [0, 0.05) is 12.6 Å². The maximum atomic E-state index is 12.3.